The second-order valence-corrected chi connectivity index (χ2v) is 3.18. The number of aliphatic hydroxyl groups is 1. The van der Waals surface area contributed by atoms with Crippen LogP contribution in [0.15, 0.2) is 12.7 Å². The zero-order valence-electron chi connectivity index (χ0n) is 9.35. The maximum atomic E-state index is 11.6. The van der Waals surface area contributed by atoms with Crippen molar-refractivity contribution in [2.24, 2.45) is 0 Å². The maximum absolute atomic E-state index is 11.6. The van der Waals surface area contributed by atoms with Crippen LogP contribution in [0.4, 0.5) is 4.79 Å². The molecule has 1 atom stereocenters. The van der Waals surface area contributed by atoms with Gasteiger partial charge in [0.2, 0.25) is 0 Å². The highest BCUT2D eigenvalue weighted by atomic mass is 16.4. The molecule has 0 saturated heterocycles. The van der Waals surface area contributed by atoms with Crippen LogP contribution in [0.1, 0.15) is 13.3 Å². The number of aliphatic hydroxyl groups excluding tert-OH is 1. The van der Waals surface area contributed by atoms with E-state index in [-0.39, 0.29) is 13.0 Å². The molecule has 0 bridgehead atoms. The van der Waals surface area contributed by atoms with Crippen molar-refractivity contribution in [3.63, 3.8) is 0 Å². The van der Waals surface area contributed by atoms with Gasteiger partial charge >= 0.3 is 12.0 Å². The zero-order chi connectivity index (χ0) is 12.6. The van der Waals surface area contributed by atoms with Gasteiger partial charge in [0, 0.05) is 26.1 Å². The van der Waals surface area contributed by atoms with Crippen molar-refractivity contribution in [2.75, 3.05) is 19.7 Å². The molecule has 0 radical (unpaired) electrons. The fourth-order valence-corrected chi connectivity index (χ4v) is 1.14. The first-order chi connectivity index (χ1) is 7.56. The van der Waals surface area contributed by atoms with Crippen LogP contribution in [-0.2, 0) is 4.79 Å². The van der Waals surface area contributed by atoms with Gasteiger partial charge in [-0.3, -0.25) is 0 Å². The standard InChI is InChI=1S/C10H18N2O4/c1-3-6-12(4-2)10(16)11-8(5-7-13)9(14)15/h3,8,13H,1,4-7H2,2H3,(H,11,16)(H,14,15)/t8-/m1/s1. The molecule has 6 nitrogen and oxygen atoms in total. The number of likely N-dealkylation sites (N-methyl/N-ethyl adjacent to an activating group) is 1. The van der Waals surface area contributed by atoms with Crippen molar-refractivity contribution in [3.8, 4) is 0 Å². The number of carboxylic acids is 1. The summed E-state index contributed by atoms with van der Waals surface area (Å²) in [5, 5.41) is 19.8. The second-order valence-electron chi connectivity index (χ2n) is 3.18. The lowest BCUT2D eigenvalue weighted by atomic mass is 10.2. The van der Waals surface area contributed by atoms with Gasteiger partial charge in [-0.2, -0.15) is 0 Å². The quantitative estimate of drug-likeness (QED) is 0.539. The van der Waals surface area contributed by atoms with E-state index in [2.05, 4.69) is 11.9 Å². The van der Waals surface area contributed by atoms with Gasteiger partial charge in [-0.25, -0.2) is 9.59 Å². The van der Waals surface area contributed by atoms with Crippen LogP contribution >= 0.6 is 0 Å². The summed E-state index contributed by atoms with van der Waals surface area (Å²) in [7, 11) is 0. The number of hydrogen-bond acceptors (Lipinski definition) is 3. The summed E-state index contributed by atoms with van der Waals surface area (Å²) < 4.78 is 0. The molecule has 6 heteroatoms. The summed E-state index contributed by atoms with van der Waals surface area (Å²) in [5.41, 5.74) is 0. The van der Waals surface area contributed by atoms with Gasteiger partial charge in [0.15, 0.2) is 0 Å². The SMILES string of the molecule is C=CCN(CC)C(=O)N[C@H](CCO)C(=O)O. The third kappa shape index (κ3) is 4.79. The van der Waals surface area contributed by atoms with Gasteiger partial charge in [0.05, 0.1) is 0 Å². The molecule has 92 valence electrons. The van der Waals surface area contributed by atoms with E-state index in [1.807, 2.05) is 0 Å². The number of hydrogen-bond donors (Lipinski definition) is 3. The van der Waals surface area contributed by atoms with Gasteiger partial charge < -0.3 is 20.4 Å². The van der Waals surface area contributed by atoms with E-state index >= 15 is 0 Å². The average molecular weight is 230 g/mol. The molecule has 0 heterocycles. The van der Waals surface area contributed by atoms with Crippen molar-refractivity contribution in [1.29, 1.82) is 0 Å². The van der Waals surface area contributed by atoms with Crippen molar-refractivity contribution < 1.29 is 19.8 Å². The monoisotopic (exact) mass is 230 g/mol. The lowest BCUT2D eigenvalue weighted by Gasteiger charge is -2.22. The Balaban J connectivity index is 4.36. The molecule has 0 aliphatic rings. The minimum Gasteiger partial charge on any atom is -0.480 e. The van der Waals surface area contributed by atoms with E-state index in [9.17, 15) is 9.59 Å². The minimum absolute atomic E-state index is 0.00723. The molecule has 0 aromatic carbocycles. The summed E-state index contributed by atoms with van der Waals surface area (Å²) >= 11 is 0. The van der Waals surface area contributed by atoms with E-state index < -0.39 is 18.0 Å². The van der Waals surface area contributed by atoms with Crippen molar-refractivity contribution in [2.45, 2.75) is 19.4 Å². The first-order valence-electron chi connectivity index (χ1n) is 5.06. The first-order valence-corrected chi connectivity index (χ1v) is 5.06. The Morgan fingerprint density at radius 3 is 2.56 bits per heavy atom. The Morgan fingerprint density at radius 1 is 1.56 bits per heavy atom. The Morgan fingerprint density at radius 2 is 2.19 bits per heavy atom. The third-order valence-electron chi connectivity index (χ3n) is 2.03. The molecule has 0 unspecified atom stereocenters. The smallest absolute Gasteiger partial charge is 0.326 e. The van der Waals surface area contributed by atoms with E-state index in [1.54, 1.807) is 13.0 Å². The first kappa shape index (κ1) is 14.4. The molecule has 0 fully saturated rings. The molecule has 0 saturated carbocycles. The molecular formula is C10H18N2O4. The maximum Gasteiger partial charge on any atom is 0.326 e. The summed E-state index contributed by atoms with van der Waals surface area (Å²) in [6.45, 7) is 5.82. The van der Waals surface area contributed by atoms with Crippen molar-refractivity contribution in [3.05, 3.63) is 12.7 Å². The minimum atomic E-state index is -1.16. The summed E-state index contributed by atoms with van der Waals surface area (Å²) in [4.78, 5) is 23.7. The number of amides is 2. The molecule has 0 rings (SSSR count). The number of carboxylic acid groups (broad SMARTS) is 1. The van der Waals surface area contributed by atoms with Gasteiger partial charge in [-0.05, 0) is 6.92 Å². The average Bonchev–Trinajstić information content (AvgIpc) is 2.24. The van der Waals surface area contributed by atoms with Gasteiger partial charge in [0.1, 0.15) is 6.04 Å². The van der Waals surface area contributed by atoms with Crippen molar-refractivity contribution >= 4 is 12.0 Å². The Bertz CT molecular complexity index is 255. The van der Waals surface area contributed by atoms with E-state index in [0.29, 0.717) is 13.1 Å². The number of aliphatic carboxylic acids is 1. The van der Waals surface area contributed by atoms with Crippen LogP contribution in [0.5, 0.6) is 0 Å². The van der Waals surface area contributed by atoms with E-state index in [4.69, 9.17) is 10.2 Å². The molecule has 0 aromatic heterocycles. The lowest BCUT2D eigenvalue weighted by molar-refractivity contribution is -0.139. The molecule has 3 N–H and O–H groups in total. The van der Waals surface area contributed by atoms with Crippen LogP contribution in [0.2, 0.25) is 0 Å². The van der Waals surface area contributed by atoms with E-state index in [1.165, 1.54) is 4.90 Å². The zero-order valence-corrected chi connectivity index (χ0v) is 9.35. The predicted molar refractivity (Wildman–Crippen MR) is 59.1 cm³/mol. The topological polar surface area (TPSA) is 89.9 Å². The molecule has 0 aliphatic carbocycles. The highest BCUT2D eigenvalue weighted by molar-refractivity contribution is 5.82. The Labute approximate surface area is 94.6 Å². The summed E-state index contributed by atoms with van der Waals surface area (Å²) in [5.74, 6) is -1.16. The van der Waals surface area contributed by atoms with Crippen LogP contribution in [0.25, 0.3) is 0 Å². The number of urea groups is 1. The number of nitrogens with one attached hydrogen (secondary N) is 1. The molecule has 0 aliphatic heterocycles. The molecule has 0 aromatic rings. The van der Waals surface area contributed by atoms with Crippen molar-refractivity contribution in [1.82, 2.24) is 10.2 Å². The Kier molecular flexibility index (Phi) is 6.95. The highest BCUT2D eigenvalue weighted by Gasteiger charge is 2.21. The largest absolute Gasteiger partial charge is 0.480 e. The highest BCUT2D eigenvalue weighted by Crippen LogP contribution is 1.96. The fourth-order valence-electron chi connectivity index (χ4n) is 1.14. The number of carbonyl (C=O) groups excluding carboxylic acids is 1. The third-order valence-corrected chi connectivity index (χ3v) is 2.03. The number of rotatable bonds is 7. The normalized spacial score (nSPS) is 11.6. The molecule has 0 spiro atoms. The molecule has 16 heavy (non-hydrogen) atoms. The fraction of sp³-hybridized carbons (Fsp3) is 0.600. The van der Waals surface area contributed by atoms with Crippen LogP contribution < -0.4 is 5.32 Å². The second kappa shape index (κ2) is 7.70. The van der Waals surface area contributed by atoms with Gasteiger partial charge in [-0.1, -0.05) is 6.08 Å². The molecule has 2 amide bonds. The van der Waals surface area contributed by atoms with Crippen LogP contribution in [-0.4, -0.2) is 52.9 Å². The molecular weight excluding hydrogens is 212 g/mol. The lowest BCUT2D eigenvalue weighted by Crippen LogP contribution is -2.48. The van der Waals surface area contributed by atoms with E-state index in [0.717, 1.165) is 0 Å². The number of carbonyl (C=O) groups is 2. The Hall–Kier alpha value is -1.56. The van der Waals surface area contributed by atoms with Crippen LogP contribution in [0, 0.1) is 0 Å². The predicted octanol–water partition coefficient (Wildman–Crippen LogP) is 0.0395. The van der Waals surface area contributed by atoms with Gasteiger partial charge in [-0.15, -0.1) is 6.58 Å². The number of nitrogens with zero attached hydrogens (tertiary/aromatic N) is 1. The summed E-state index contributed by atoms with van der Waals surface area (Å²) in [6.07, 6.45) is 1.55. The summed E-state index contributed by atoms with van der Waals surface area (Å²) in [6, 6.07) is -1.53. The van der Waals surface area contributed by atoms with Crippen LogP contribution in [0.3, 0.4) is 0 Å². The van der Waals surface area contributed by atoms with Gasteiger partial charge in [0.25, 0.3) is 0 Å².